The fourth-order valence-corrected chi connectivity index (χ4v) is 1.72. The van der Waals surface area contributed by atoms with E-state index in [0.29, 0.717) is 0 Å². The van der Waals surface area contributed by atoms with Crippen LogP contribution in [-0.2, 0) is 6.54 Å². The molecule has 2 heteroatoms. The van der Waals surface area contributed by atoms with Crippen LogP contribution in [0.1, 0.15) is 9.75 Å². The van der Waals surface area contributed by atoms with Gasteiger partial charge in [-0.05, 0) is 31.3 Å². The van der Waals surface area contributed by atoms with Gasteiger partial charge in [-0.25, -0.2) is 0 Å². The Labute approximate surface area is 77.4 Å². The predicted octanol–water partition coefficient (Wildman–Crippen LogP) is 2.85. The molecule has 1 nitrogen and oxygen atoms in total. The zero-order valence-corrected chi connectivity index (χ0v) is 8.03. The lowest BCUT2D eigenvalue weighted by molar-refractivity contribution is 0.887. The molecule has 1 aromatic rings. The van der Waals surface area contributed by atoms with Crippen molar-refractivity contribution in [2.45, 2.75) is 13.5 Å². The van der Waals surface area contributed by atoms with Gasteiger partial charge in [0, 0.05) is 16.3 Å². The molecule has 0 aliphatic carbocycles. The summed E-state index contributed by atoms with van der Waals surface area (Å²) in [6, 6.07) is 4.29. The maximum atomic E-state index is 3.59. The van der Waals surface area contributed by atoms with E-state index in [1.807, 2.05) is 23.6 Å². The number of thiophene rings is 1. The lowest BCUT2D eigenvalue weighted by Gasteiger charge is -1.94. The molecule has 0 aromatic carbocycles. The standard InChI is InChI=1S/C10H13NS/c1-3-4-7-11-8-10-6-5-9(2)12-10/h3-7,11H,1,8H2,2H3/b7-4-. The average Bonchev–Trinajstić information content (AvgIpc) is 2.45. The zero-order chi connectivity index (χ0) is 8.81. The van der Waals surface area contributed by atoms with Gasteiger partial charge in [0.05, 0.1) is 0 Å². The van der Waals surface area contributed by atoms with Gasteiger partial charge in [-0.15, -0.1) is 11.3 Å². The molecule has 1 N–H and O–H groups in total. The van der Waals surface area contributed by atoms with E-state index in [0.717, 1.165) is 6.54 Å². The van der Waals surface area contributed by atoms with Gasteiger partial charge >= 0.3 is 0 Å². The van der Waals surface area contributed by atoms with Gasteiger partial charge in [0.1, 0.15) is 0 Å². The number of hydrogen-bond acceptors (Lipinski definition) is 2. The fourth-order valence-electron chi connectivity index (χ4n) is 0.876. The molecule has 0 spiro atoms. The Bertz CT molecular complexity index is 273. The highest BCUT2D eigenvalue weighted by atomic mass is 32.1. The van der Waals surface area contributed by atoms with Gasteiger partial charge < -0.3 is 5.32 Å². The third kappa shape index (κ3) is 2.93. The SMILES string of the molecule is C=C/C=C\NCc1ccc(C)s1. The Hall–Kier alpha value is -1.02. The van der Waals surface area contributed by atoms with Crippen LogP contribution in [0.2, 0.25) is 0 Å². The Morgan fingerprint density at radius 3 is 3.00 bits per heavy atom. The fraction of sp³-hybridized carbons (Fsp3) is 0.200. The van der Waals surface area contributed by atoms with E-state index in [1.54, 1.807) is 6.08 Å². The summed E-state index contributed by atoms with van der Waals surface area (Å²) in [5.74, 6) is 0. The van der Waals surface area contributed by atoms with Crippen molar-refractivity contribution in [2.24, 2.45) is 0 Å². The average molecular weight is 179 g/mol. The molecule has 1 rings (SSSR count). The molecule has 0 radical (unpaired) electrons. The van der Waals surface area contributed by atoms with Gasteiger partial charge in [0.2, 0.25) is 0 Å². The molecule has 64 valence electrons. The van der Waals surface area contributed by atoms with Crippen LogP contribution in [0.3, 0.4) is 0 Å². The van der Waals surface area contributed by atoms with E-state index in [9.17, 15) is 0 Å². The Kier molecular flexibility index (Phi) is 3.61. The third-order valence-corrected chi connectivity index (χ3v) is 2.42. The maximum Gasteiger partial charge on any atom is 0.0488 e. The molecule has 0 bridgehead atoms. The molecule has 0 atom stereocenters. The predicted molar refractivity (Wildman–Crippen MR) is 55.2 cm³/mol. The quantitative estimate of drug-likeness (QED) is 0.701. The molecule has 0 saturated carbocycles. The number of nitrogens with one attached hydrogen (secondary N) is 1. The highest BCUT2D eigenvalue weighted by molar-refractivity contribution is 7.11. The first kappa shape index (κ1) is 9.07. The normalized spacial score (nSPS) is 10.4. The van der Waals surface area contributed by atoms with E-state index < -0.39 is 0 Å². The van der Waals surface area contributed by atoms with Crippen molar-refractivity contribution in [3.8, 4) is 0 Å². The summed E-state index contributed by atoms with van der Waals surface area (Å²) in [6.07, 6.45) is 5.55. The van der Waals surface area contributed by atoms with Crippen molar-refractivity contribution >= 4 is 11.3 Å². The van der Waals surface area contributed by atoms with Crippen LogP contribution >= 0.6 is 11.3 Å². The van der Waals surface area contributed by atoms with Crippen molar-refractivity contribution in [2.75, 3.05) is 0 Å². The van der Waals surface area contributed by atoms with E-state index >= 15 is 0 Å². The van der Waals surface area contributed by atoms with Crippen molar-refractivity contribution in [3.63, 3.8) is 0 Å². The van der Waals surface area contributed by atoms with Crippen LogP contribution in [0, 0.1) is 6.92 Å². The third-order valence-electron chi connectivity index (χ3n) is 1.42. The molecular weight excluding hydrogens is 166 g/mol. The number of allylic oxidation sites excluding steroid dienone is 2. The smallest absolute Gasteiger partial charge is 0.0488 e. The van der Waals surface area contributed by atoms with Gasteiger partial charge in [0.25, 0.3) is 0 Å². The molecular formula is C10H13NS. The van der Waals surface area contributed by atoms with Crippen LogP contribution in [-0.4, -0.2) is 0 Å². The van der Waals surface area contributed by atoms with Crippen LogP contribution in [0.4, 0.5) is 0 Å². The lowest BCUT2D eigenvalue weighted by Crippen LogP contribution is -2.01. The highest BCUT2D eigenvalue weighted by Gasteiger charge is 1.92. The van der Waals surface area contributed by atoms with Gasteiger partial charge in [-0.3, -0.25) is 0 Å². The van der Waals surface area contributed by atoms with Crippen LogP contribution < -0.4 is 5.32 Å². The van der Waals surface area contributed by atoms with E-state index in [-0.39, 0.29) is 0 Å². The van der Waals surface area contributed by atoms with Crippen LogP contribution in [0.5, 0.6) is 0 Å². The Morgan fingerprint density at radius 2 is 2.42 bits per heavy atom. The van der Waals surface area contributed by atoms with Crippen molar-refractivity contribution in [1.82, 2.24) is 5.32 Å². The molecule has 1 aromatic heterocycles. The first-order chi connectivity index (χ1) is 5.83. The summed E-state index contributed by atoms with van der Waals surface area (Å²) in [5, 5.41) is 3.17. The number of hydrogen-bond donors (Lipinski definition) is 1. The summed E-state index contributed by atoms with van der Waals surface area (Å²) in [5.41, 5.74) is 0. The lowest BCUT2D eigenvalue weighted by atomic mass is 10.4. The number of aryl methyl sites for hydroxylation is 1. The largest absolute Gasteiger partial charge is 0.386 e. The van der Waals surface area contributed by atoms with Crippen molar-refractivity contribution in [3.05, 3.63) is 46.8 Å². The van der Waals surface area contributed by atoms with E-state index in [1.165, 1.54) is 9.75 Å². The van der Waals surface area contributed by atoms with Crippen molar-refractivity contribution < 1.29 is 0 Å². The monoisotopic (exact) mass is 179 g/mol. The summed E-state index contributed by atoms with van der Waals surface area (Å²) >= 11 is 1.82. The van der Waals surface area contributed by atoms with E-state index in [2.05, 4.69) is 31.0 Å². The Balaban J connectivity index is 2.33. The second kappa shape index (κ2) is 4.78. The van der Waals surface area contributed by atoms with E-state index in [4.69, 9.17) is 0 Å². The first-order valence-electron chi connectivity index (χ1n) is 3.89. The van der Waals surface area contributed by atoms with Crippen molar-refractivity contribution in [1.29, 1.82) is 0 Å². The second-order valence-corrected chi connectivity index (χ2v) is 3.86. The second-order valence-electron chi connectivity index (χ2n) is 2.49. The zero-order valence-electron chi connectivity index (χ0n) is 7.21. The molecule has 0 amide bonds. The highest BCUT2D eigenvalue weighted by Crippen LogP contribution is 2.14. The summed E-state index contributed by atoms with van der Waals surface area (Å²) < 4.78 is 0. The summed E-state index contributed by atoms with van der Waals surface area (Å²) in [6.45, 7) is 6.61. The molecule has 0 aliphatic rings. The summed E-state index contributed by atoms with van der Waals surface area (Å²) in [4.78, 5) is 2.72. The molecule has 0 saturated heterocycles. The minimum atomic E-state index is 0.906. The molecule has 12 heavy (non-hydrogen) atoms. The minimum Gasteiger partial charge on any atom is -0.386 e. The summed E-state index contributed by atoms with van der Waals surface area (Å²) in [7, 11) is 0. The molecule has 1 heterocycles. The van der Waals surface area contributed by atoms with Gasteiger partial charge in [-0.1, -0.05) is 12.7 Å². The number of rotatable bonds is 4. The Morgan fingerprint density at radius 1 is 1.58 bits per heavy atom. The molecule has 0 unspecified atom stereocenters. The molecule has 0 fully saturated rings. The van der Waals surface area contributed by atoms with Gasteiger partial charge in [-0.2, -0.15) is 0 Å². The minimum absolute atomic E-state index is 0.906. The topological polar surface area (TPSA) is 12.0 Å². The van der Waals surface area contributed by atoms with Crippen LogP contribution in [0.25, 0.3) is 0 Å². The van der Waals surface area contributed by atoms with Gasteiger partial charge in [0.15, 0.2) is 0 Å². The first-order valence-corrected chi connectivity index (χ1v) is 4.71. The van der Waals surface area contributed by atoms with Crippen LogP contribution in [0.15, 0.2) is 37.1 Å². The molecule has 0 aliphatic heterocycles. The maximum absolute atomic E-state index is 3.59.